The van der Waals surface area contributed by atoms with E-state index >= 15 is 0 Å². The molecule has 0 unspecified atom stereocenters. The molecule has 0 bridgehead atoms. The van der Waals surface area contributed by atoms with Gasteiger partial charge in [-0.1, -0.05) is 36.6 Å². The molecule has 6 heteroatoms. The van der Waals surface area contributed by atoms with E-state index in [0.717, 1.165) is 72.5 Å². The maximum absolute atomic E-state index is 13.7. The van der Waals surface area contributed by atoms with Crippen molar-refractivity contribution in [3.8, 4) is 5.75 Å². The lowest BCUT2D eigenvalue weighted by molar-refractivity contribution is 0.193. The molecule has 3 aromatic rings. The topological polar surface area (TPSA) is 30.3 Å². The second-order valence-electron chi connectivity index (χ2n) is 8.88. The van der Waals surface area contributed by atoms with E-state index in [1.807, 2.05) is 36.4 Å². The third-order valence-corrected chi connectivity index (χ3v) is 6.93. The van der Waals surface area contributed by atoms with E-state index in [1.165, 1.54) is 18.4 Å². The molecular formula is C25H29ClFN3O. The summed E-state index contributed by atoms with van der Waals surface area (Å²) in [7, 11) is 0. The molecule has 2 heterocycles. The molecule has 1 aromatic heterocycles. The SMILES string of the molecule is FCn1c(CN2CCC(c3cc(Cl)ccc3OCCC3CC3)CC2)nc2ccccc21. The fourth-order valence-corrected chi connectivity index (χ4v) is 4.87. The zero-order chi connectivity index (χ0) is 21.2. The number of piperidine rings is 1. The van der Waals surface area contributed by atoms with E-state index < -0.39 is 6.80 Å². The Labute approximate surface area is 188 Å². The van der Waals surface area contributed by atoms with Gasteiger partial charge in [-0.25, -0.2) is 9.37 Å². The maximum atomic E-state index is 13.7. The lowest BCUT2D eigenvalue weighted by Crippen LogP contribution is -2.33. The van der Waals surface area contributed by atoms with Crippen molar-refractivity contribution < 1.29 is 9.13 Å². The quantitative estimate of drug-likeness (QED) is 0.418. The van der Waals surface area contributed by atoms with Crippen LogP contribution in [0.25, 0.3) is 11.0 Å². The lowest BCUT2D eigenvalue weighted by Gasteiger charge is -2.32. The molecule has 4 nitrogen and oxygen atoms in total. The Morgan fingerprint density at radius 1 is 1.06 bits per heavy atom. The summed E-state index contributed by atoms with van der Waals surface area (Å²) in [6.45, 7) is 2.82. The van der Waals surface area contributed by atoms with Gasteiger partial charge in [0, 0.05) is 5.02 Å². The van der Waals surface area contributed by atoms with Crippen LogP contribution in [0.5, 0.6) is 5.75 Å². The van der Waals surface area contributed by atoms with Gasteiger partial charge in [0.15, 0.2) is 6.80 Å². The van der Waals surface area contributed by atoms with Gasteiger partial charge in [-0.05, 0) is 80.1 Å². The summed E-state index contributed by atoms with van der Waals surface area (Å²) in [5, 5.41) is 0.767. The van der Waals surface area contributed by atoms with Crippen molar-refractivity contribution >= 4 is 22.6 Å². The number of para-hydroxylation sites is 2. The number of benzene rings is 2. The number of hydrogen-bond donors (Lipinski definition) is 0. The highest BCUT2D eigenvalue weighted by molar-refractivity contribution is 6.30. The molecule has 1 aliphatic heterocycles. The number of rotatable bonds is 8. The Balaban J connectivity index is 1.24. The number of ether oxygens (including phenoxy) is 1. The molecule has 0 atom stereocenters. The van der Waals surface area contributed by atoms with Crippen molar-refractivity contribution in [3.63, 3.8) is 0 Å². The maximum Gasteiger partial charge on any atom is 0.167 e. The molecule has 1 saturated carbocycles. The largest absolute Gasteiger partial charge is 0.493 e. The second kappa shape index (κ2) is 9.17. The van der Waals surface area contributed by atoms with Crippen molar-refractivity contribution in [1.82, 2.24) is 14.5 Å². The summed E-state index contributed by atoms with van der Waals surface area (Å²) in [6.07, 6.45) is 5.93. The summed E-state index contributed by atoms with van der Waals surface area (Å²) in [5.74, 6) is 3.09. The fourth-order valence-electron chi connectivity index (χ4n) is 4.69. The van der Waals surface area contributed by atoms with Crippen molar-refractivity contribution in [1.29, 1.82) is 0 Å². The molecule has 1 saturated heterocycles. The van der Waals surface area contributed by atoms with Crippen LogP contribution in [0, 0.1) is 5.92 Å². The average molecular weight is 442 g/mol. The summed E-state index contributed by atoms with van der Waals surface area (Å²) in [5.41, 5.74) is 2.96. The number of fused-ring (bicyclic) bond motifs is 1. The van der Waals surface area contributed by atoms with Crippen LogP contribution in [0.4, 0.5) is 4.39 Å². The van der Waals surface area contributed by atoms with Gasteiger partial charge in [0.1, 0.15) is 11.6 Å². The minimum atomic E-state index is -0.545. The summed E-state index contributed by atoms with van der Waals surface area (Å²) < 4.78 is 21.5. The molecule has 2 aromatic carbocycles. The second-order valence-corrected chi connectivity index (χ2v) is 9.31. The van der Waals surface area contributed by atoms with Crippen molar-refractivity contribution in [2.75, 3.05) is 19.7 Å². The first-order valence-electron chi connectivity index (χ1n) is 11.4. The molecule has 2 aliphatic rings. The average Bonchev–Trinajstić information content (AvgIpc) is 3.55. The summed E-state index contributed by atoms with van der Waals surface area (Å²) >= 11 is 6.33. The molecular weight excluding hydrogens is 413 g/mol. The van der Waals surface area contributed by atoms with E-state index in [-0.39, 0.29) is 0 Å². The van der Waals surface area contributed by atoms with Gasteiger partial charge >= 0.3 is 0 Å². The number of likely N-dealkylation sites (tertiary alicyclic amines) is 1. The normalized spacial score (nSPS) is 18.0. The first-order valence-corrected chi connectivity index (χ1v) is 11.7. The Morgan fingerprint density at radius 3 is 2.65 bits per heavy atom. The number of imidazole rings is 1. The monoisotopic (exact) mass is 441 g/mol. The third-order valence-electron chi connectivity index (χ3n) is 6.70. The smallest absolute Gasteiger partial charge is 0.167 e. The van der Waals surface area contributed by atoms with E-state index in [2.05, 4.69) is 16.0 Å². The highest BCUT2D eigenvalue weighted by atomic mass is 35.5. The molecule has 1 aliphatic carbocycles. The Hall–Kier alpha value is -2.11. The van der Waals surface area contributed by atoms with Crippen molar-refractivity contribution in [3.05, 3.63) is 58.9 Å². The van der Waals surface area contributed by atoms with Crippen molar-refractivity contribution in [2.24, 2.45) is 5.92 Å². The number of alkyl halides is 1. The first-order chi connectivity index (χ1) is 15.2. The minimum Gasteiger partial charge on any atom is -0.493 e. The number of aromatic nitrogens is 2. The molecule has 0 N–H and O–H groups in total. The molecule has 2 fully saturated rings. The van der Waals surface area contributed by atoms with Crippen LogP contribution in [0.15, 0.2) is 42.5 Å². The van der Waals surface area contributed by atoms with Gasteiger partial charge in [0.2, 0.25) is 0 Å². The van der Waals surface area contributed by atoms with Crippen LogP contribution >= 0.6 is 11.6 Å². The minimum absolute atomic E-state index is 0.436. The van der Waals surface area contributed by atoms with Crippen LogP contribution in [-0.4, -0.2) is 34.1 Å². The molecule has 5 rings (SSSR count). The van der Waals surface area contributed by atoms with E-state index in [1.54, 1.807) is 4.57 Å². The Morgan fingerprint density at radius 2 is 1.87 bits per heavy atom. The van der Waals surface area contributed by atoms with E-state index in [0.29, 0.717) is 12.5 Å². The Kier molecular flexibility index (Phi) is 6.15. The predicted octanol–water partition coefficient (Wildman–Crippen LogP) is 6.18. The number of hydrogen-bond acceptors (Lipinski definition) is 3. The van der Waals surface area contributed by atoms with E-state index in [4.69, 9.17) is 16.3 Å². The van der Waals surface area contributed by atoms with Gasteiger partial charge in [-0.2, -0.15) is 0 Å². The van der Waals surface area contributed by atoms with Crippen LogP contribution in [0.1, 0.15) is 49.4 Å². The fraction of sp³-hybridized carbons (Fsp3) is 0.480. The molecule has 0 radical (unpaired) electrons. The molecule has 31 heavy (non-hydrogen) atoms. The van der Waals surface area contributed by atoms with Crippen LogP contribution in [0.2, 0.25) is 5.02 Å². The van der Waals surface area contributed by atoms with Gasteiger partial charge < -0.3 is 4.74 Å². The molecule has 0 spiro atoms. The number of nitrogens with zero attached hydrogens (tertiary/aromatic N) is 3. The lowest BCUT2D eigenvalue weighted by atomic mass is 9.88. The van der Waals surface area contributed by atoms with Crippen LogP contribution in [0.3, 0.4) is 0 Å². The summed E-state index contributed by atoms with van der Waals surface area (Å²) in [4.78, 5) is 7.05. The highest BCUT2D eigenvalue weighted by Gasteiger charge is 2.26. The first kappa shape index (κ1) is 20.8. The van der Waals surface area contributed by atoms with Crippen LogP contribution < -0.4 is 4.74 Å². The zero-order valence-corrected chi connectivity index (χ0v) is 18.5. The molecule has 0 amide bonds. The molecule has 164 valence electrons. The number of halogens is 2. The summed E-state index contributed by atoms with van der Waals surface area (Å²) in [6, 6.07) is 13.8. The van der Waals surface area contributed by atoms with Gasteiger partial charge in [-0.3, -0.25) is 9.47 Å². The van der Waals surface area contributed by atoms with Crippen molar-refractivity contribution in [2.45, 2.75) is 51.4 Å². The van der Waals surface area contributed by atoms with Gasteiger partial charge in [0.25, 0.3) is 0 Å². The standard InChI is InChI=1S/C25H29ClFN3O/c26-20-7-8-24(31-14-11-18-5-6-18)21(15-20)19-9-12-29(13-10-19)16-25-28-22-3-1-2-4-23(22)30(25)17-27/h1-4,7-8,15,18-19H,5-6,9-14,16-17H2. The van der Waals surface area contributed by atoms with E-state index in [9.17, 15) is 4.39 Å². The highest BCUT2D eigenvalue weighted by Crippen LogP contribution is 2.37. The zero-order valence-electron chi connectivity index (χ0n) is 17.8. The Bertz CT molecular complexity index is 1040. The van der Waals surface area contributed by atoms with Gasteiger partial charge in [-0.15, -0.1) is 0 Å². The predicted molar refractivity (Wildman–Crippen MR) is 122 cm³/mol. The van der Waals surface area contributed by atoms with Crippen LogP contribution in [-0.2, 0) is 13.3 Å². The van der Waals surface area contributed by atoms with Gasteiger partial charge in [0.05, 0.1) is 24.2 Å². The third kappa shape index (κ3) is 4.73.